The van der Waals surface area contributed by atoms with Crippen LogP contribution in [0.15, 0.2) is 30.6 Å². The van der Waals surface area contributed by atoms with Gasteiger partial charge in [-0.15, -0.1) is 5.10 Å². The molecule has 25 heavy (non-hydrogen) atoms. The van der Waals surface area contributed by atoms with Crippen molar-refractivity contribution in [3.63, 3.8) is 0 Å². The highest BCUT2D eigenvalue weighted by molar-refractivity contribution is 5.78. The minimum atomic E-state index is 0.0520. The summed E-state index contributed by atoms with van der Waals surface area (Å²) in [6, 6.07) is 8.04. The molecule has 134 valence electrons. The van der Waals surface area contributed by atoms with Gasteiger partial charge in [-0.25, -0.2) is 4.68 Å². The SMILES string of the molecule is CC(CNC(=O)Cc1ccc(-n2cnnn2)cc1)N1CCN(C)CC1. The van der Waals surface area contributed by atoms with Crippen molar-refractivity contribution in [3.8, 4) is 5.69 Å². The number of tetrazole rings is 1. The van der Waals surface area contributed by atoms with E-state index < -0.39 is 0 Å². The van der Waals surface area contributed by atoms with Gasteiger partial charge < -0.3 is 10.2 Å². The van der Waals surface area contributed by atoms with E-state index in [9.17, 15) is 4.79 Å². The molecule has 1 fully saturated rings. The van der Waals surface area contributed by atoms with Gasteiger partial charge in [-0.2, -0.15) is 0 Å². The summed E-state index contributed by atoms with van der Waals surface area (Å²) in [4.78, 5) is 17.0. The van der Waals surface area contributed by atoms with E-state index in [0.29, 0.717) is 19.0 Å². The lowest BCUT2D eigenvalue weighted by Crippen LogP contribution is -2.51. The zero-order valence-corrected chi connectivity index (χ0v) is 14.8. The normalized spacial score (nSPS) is 17.4. The predicted octanol–water partition coefficient (Wildman–Crippen LogP) is -0.0431. The maximum Gasteiger partial charge on any atom is 0.224 e. The molecule has 0 spiro atoms. The number of likely N-dealkylation sites (N-methyl/N-ethyl adjacent to an activating group) is 1. The second kappa shape index (κ2) is 8.17. The van der Waals surface area contributed by atoms with Crippen LogP contribution in [0, 0.1) is 0 Å². The number of rotatable bonds is 6. The Morgan fingerprint density at radius 1 is 1.20 bits per heavy atom. The molecule has 8 nitrogen and oxygen atoms in total. The molecule has 0 saturated carbocycles. The van der Waals surface area contributed by atoms with Crippen LogP contribution in [0.2, 0.25) is 0 Å². The Bertz CT molecular complexity index is 663. The lowest BCUT2D eigenvalue weighted by molar-refractivity contribution is -0.120. The smallest absolute Gasteiger partial charge is 0.224 e. The summed E-state index contributed by atoms with van der Waals surface area (Å²) in [5, 5.41) is 14.1. The fraction of sp³-hybridized carbons (Fsp3) is 0.529. The number of carbonyl (C=O) groups excluding carboxylic acids is 1. The van der Waals surface area contributed by atoms with Gasteiger partial charge in [0.05, 0.1) is 12.1 Å². The number of hydrogen-bond donors (Lipinski definition) is 1. The van der Waals surface area contributed by atoms with Crippen LogP contribution >= 0.6 is 0 Å². The van der Waals surface area contributed by atoms with Crippen molar-refractivity contribution in [3.05, 3.63) is 36.2 Å². The monoisotopic (exact) mass is 343 g/mol. The number of carbonyl (C=O) groups is 1. The molecule has 1 amide bonds. The van der Waals surface area contributed by atoms with Crippen LogP contribution < -0.4 is 5.32 Å². The number of nitrogens with zero attached hydrogens (tertiary/aromatic N) is 6. The summed E-state index contributed by atoms with van der Waals surface area (Å²) in [5.41, 5.74) is 1.85. The fourth-order valence-electron chi connectivity index (χ4n) is 2.95. The van der Waals surface area contributed by atoms with Crippen molar-refractivity contribution in [1.82, 2.24) is 35.3 Å². The average Bonchev–Trinajstić information content (AvgIpc) is 3.15. The van der Waals surface area contributed by atoms with E-state index in [1.807, 2.05) is 24.3 Å². The maximum atomic E-state index is 12.2. The van der Waals surface area contributed by atoms with Crippen LogP contribution in [0.1, 0.15) is 12.5 Å². The van der Waals surface area contributed by atoms with E-state index >= 15 is 0 Å². The second-order valence-corrected chi connectivity index (χ2v) is 6.59. The third kappa shape index (κ3) is 4.83. The highest BCUT2D eigenvalue weighted by atomic mass is 16.1. The largest absolute Gasteiger partial charge is 0.354 e. The molecule has 1 unspecified atom stereocenters. The second-order valence-electron chi connectivity index (χ2n) is 6.59. The van der Waals surface area contributed by atoms with Crippen LogP contribution in [-0.2, 0) is 11.2 Å². The fourth-order valence-corrected chi connectivity index (χ4v) is 2.95. The van der Waals surface area contributed by atoms with Gasteiger partial charge in [0, 0.05) is 38.8 Å². The van der Waals surface area contributed by atoms with E-state index in [-0.39, 0.29) is 5.91 Å². The van der Waals surface area contributed by atoms with Gasteiger partial charge in [0.15, 0.2) is 0 Å². The van der Waals surface area contributed by atoms with E-state index in [1.54, 1.807) is 11.0 Å². The Morgan fingerprint density at radius 3 is 2.56 bits per heavy atom. The van der Waals surface area contributed by atoms with Gasteiger partial charge in [-0.3, -0.25) is 9.69 Å². The first-order chi connectivity index (χ1) is 12.1. The Hall–Kier alpha value is -2.32. The van der Waals surface area contributed by atoms with Gasteiger partial charge >= 0.3 is 0 Å². The first-order valence-corrected chi connectivity index (χ1v) is 8.63. The third-order valence-electron chi connectivity index (χ3n) is 4.67. The summed E-state index contributed by atoms with van der Waals surface area (Å²) in [5.74, 6) is 0.0520. The van der Waals surface area contributed by atoms with Crippen LogP contribution in [-0.4, -0.2) is 81.7 Å². The van der Waals surface area contributed by atoms with E-state index in [0.717, 1.165) is 37.4 Å². The van der Waals surface area contributed by atoms with Crippen LogP contribution in [0.3, 0.4) is 0 Å². The molecule has 1 atom stereocenters. The van der Waals surface area contributed by atoms with E-state index in [1.165, 1.54) is 0 Å². The van der Waals surface area contributed by atoms with Crippen molar-refractivity contribution in [2.75, 3.05) is 39.8 Å². The summed E-state index contributed by atoms with van der Waals surface area (Å²) in [6.45, 7) is 7.16. The lowest BCUT2D eigenvalue weighted by atomic mass is 10.1. The molecule has 1 saturated heterocycles. The number of piperazine rings is 1. The van der Waals surface area contributed by atoms with Crippen molar-refractivity contribution in [2.45, 2.75) is 19.4 Å². The highest BCUT2D eigenvalue weighted by Crippen LogP contribution is 2.08. The van der Waals surface area contributed by atoms with Gasteiger partial charge in [-0.1, -0.05) is 12.1 Å². The third-order valence-corrected chi connectivity index (χ3v) is 4.67. The Kier molecular flexibility index (Phi) is 5.72. The van der Waals surface area contributed by atoms with E-state index in [4.69, 9.17) is 0 Å². The predicted molar refractivity (Wildman–Crippen MR) is 94.4 cm³/mol. The van der Waals surface area contributed by atoms with Crippen LogP contribution in [0.25, 0.3) is 5.69 Å². The lowest BCUT2D eigenvalue weighted by Gasteiger charge is -2.36. The first kappa shape index (κ1) is 17.5. The number of benzene rings is 1. The molecule has 1 aliphatic rings. The van der Waals surface area contributed by atoms with Gasteiger partial charge in [-0.05, 0) is 42.1 Å². The molecular weight excluding hydrogens is 318 g/mol. The number of hydrogen-bond acceptors (Lipinski definition) is 6. The highest BCUT2D eigenvalue weighted by Gasteiger charge is 2.19. The first-order valence-electron chi connectivity index (χ1n) is 8.63. The van der Waals surface area contributed by atoms with Crippen molar-refractivity contribution >= 4 is 5.91 Å². The van der Waals surface area contributed by atoms with Crippen molar-refractivity contribution < 1.29 is 4.79 Å². The molecule has 2 aromatic rings. The molecular formula is C17H25N7O. The van der Waals surface area contributed by atoms with Gasteiger partial charge in [0.1, 0.15) is 6.33 Å². The Morgan fingerprint density at radius 2 is 1.92 bits per heavy atom. The van der Waals surface area contributed by atoms with Crippen LogP contribution in [0.5, 0.6) is 0 Å². The molecule has 3 rings (SSSR count). The van der Waals surface area contributed by atoms with Crippen molar-refractivity contribution in [2.24, 2.45) is 0 Å². The summed E-state index contributed by atoms with van der Waals surface area (Å²) in [6.07, 6.45) is 1.92. The number of amides is 1. The average molecular weight is 343 g/mol. The molecule has 2 heterocycles. The van der Waals surface area contributed by atoms with Crippen LogP contribution in [0.4, 0.5) is 0 Å². The topological polar surface area (TPSA) is 79.2 Å². The maximum absolute atomic E-state index is 12.2. The molecule has 0 bridgehead atoms. The van der Waals surface area contributed by atoms with Gasteiger partial charge in [0.25, 0.3) is 0 Å². The van der Waals surface area contributed by atoms with E-state index in [2.05, 4.69) is 44.6 Å². The number of aromatic nitrogens is 4. The molecule has 0 aliphatic carbocycles. The summed E-state index contributed by atoms with van der Waals surface area (Å²) < 4.78 is 1.58. The molecule has 0 radical (unpaired) electrons. The Balaban J connectivity index is 1.44. The molecule has 1 aromatic carbocycles. The molecule has 8 heteroatoms. The van der Waals surface area contributed by atoms with Gasteiger partial charge in [0.2, 0.25) is 5.91 Å². The number of nitrogens with one attached hydrogen (secondary N) is 1. The minimum absolute atomic E-state index is 0.0520. The molecule has 1 aromatic heterocycles. The Labute approximate surface area is 147 Å². The standard InChI is InChI=1S/C17H25N7O/c1-14(23-9-7-22(2)8-10-23)12-18-17(25)11-15-3-5-16(6-4-15)24-13-19-20-21-24/h3-6,13-14H,7-12H2,1-2H3,(H,18,25). The quantitative estimate of drug-likeness (QED) is 0.793. The zero-order valence-electron chi connectivity index (χ0n) is 14.8. The zero-order chi connectivity index (χ0) is 17.6. The summed E-state index contributed by atoms with van der Waals surface area (Å²) in [7, 11) is 2.15. The summed E-state index contributed by atoms with van der Waals surface area (Å²) >= 11 is 0. The molecule has 1 aliphatic heterocycles. The minimum Gasteiger partial charge on any atom is -0.354 e. The molecule has 1 N–H and O–H groups in total. The van der Waals surface area contributed by atoms with Crippen molar-refractivity contribution in [1.29, 1.82) is 0 Å².